The van der Waals surface area contributed by atoms with E-state index in [1.807, 2.05) is 6.07 Å². The van der Waals surface area contributed by atoms with Crippen molar-refractivity contribution in [2.45, 2.75) is 12.6 Å². The fourth-order valence-corrected chi connectivity index (χ4v) is 3.05. The van der Waals surface area contributed by atoms with E-state index in [4.69, 9.17) is 10.00 Å². The molecule has 3 rings (SSSR count). The first-order valence-electron chi connectivity index (χ1n) is 10.3. The molecule has 0 atom stereocenters. The molecule has 0 amide bonds. The van der Waals surface area contributed by atoms with Gasteiger partial charge in [-0.25, -0.2) is 9.97 Å². The molecule has 9 nitrogen and oxygen atoms in total. The molecule has 1 aliphatic rings. The van der Waals surface area contributed by atoms with Gasteiger partial charge in [-0.1, -0.05) is 0 Å². The van der Waals surface area contributed by atoms with Crippen LogP contribution in [0.25, 0.3) is 0 Å². The zero-order valence-corrected chi connectivity index (χ0v) is 17.5. The minimum Gasteiger partial charge on any atom is -0.379 e. The number of pyridine rings is 1. The van der Waals surface area contributed by atoms with Crippen LogP contribution in [0.3, 0.4) is 0 Å². The number of rotatable bonds is 10. The number of nitriles is 1. The van der Waals surface area contributed by atoms with Crippen LogP contribution in [0.5, 0.6) is 0 Å². The lowest BCUT2D eigenvalue weighted by Gasteiger charge is -2.26. The second kappa shape index (κ2) is 11.6. The Balaban J connectivity index is 1.50. The molecule has 0 aromatic carbocycles. The first-order valence-corrected chi connectivity index (χ1v) is 10.3. The van der Waals surface area contributed by atoms with Crippen LogP contribution >= 0.6 is 0 Å². The summed E-state index contributed by atoms with van der Waals surface area (Å²) in [4.78, 5) is 13.9. The van der Waals surface area contributed by atoms with Crippen molar-refractivity contribution in [1.82, 2.24) is 25.2 Å². The number of anilines is 3. The summed E-state index contributed by atoms with van der Waals surface area (Å²) in [6.45, 7) is 6.08. The quantitative estimate of drug-likeness (QED) is 0.469. The van der Waals surface area contributed by atoms with E-state index in [0.717, 1.165) is 45.6 Å². The van der Waals surface area contributed by atoms with E-state index >= 15 is 0 Å². The first-order chi connectivity index (χ1) is 15.5. The van der Waals surface area contributed by atoms with Crippen LogP contribution < -0.4 is 16.0 Å². The average Bonchev–Trinajstić information content (AvgIpc) is 2.79. The maximum Gasteiger partial charge on any atom is 0.421 e. The minimum atomic E-state index is -4.58. The van der Waals surface area contributed by atoms with E-state index in [2.05, 4.69) is 35.8 Å². The van der Waals surface area contributed by atoms with Gasteiger partial charge in [0, 0.05) is 38.9 Å². The van der Waals surface area contributed by atoms with Crippen LogP contribution in [0.4, 0.5) is 30.6 Å². The lowest BCUT2D eigenvalue weighted by molar-refractivity contribution is -0.137. The largest absolute Gasteiger partial charge is 0.421 e. The number of ether oxygens (including phenoxy) is 1. The molecule has 3 N–H and O–H groups in total. The molecule has 0 spiro atoms. The van der Waals surface area contributed by atoms with E-state index in [0.29, 0.717) is 25.2 Å². The summed E-state index contributed by atoms with van der Waals surface area (Å²) in [6, 6.07) is 4.95. The second-order valence-electron chi connectivity index (χ2n) is 7.11. The van der Waals surface area contributed by atoms with E-state index in [1.54, 1.807) is 6.07 Å². The van der Waals surface area contributed by atoms with Crippen molar-refractivity contribution in [2.24, 2.45) is 0 Å². The number of aromatic nitrogens is 3. The molecule has 1 fully saturated rings. The Morgan fingerprint density at radius 3 is 2.59 bits per heavy atom. The van der Waals surface area contributed by atoms with Crippen molar-refractivity contribution >= 4 is 17.5 Å². The molecule has 2 aromatic heterocycles. The Morgan fingerprint density at radius 1 is 1.09 bits per heavy atom. The summed E-state index contributed by atoms with van der Waals surface area (Å²) in [5.41, 5.74) is -0.245. The summed E-state index contributed by atoms with van der Waals surface area (Å²) < 4.78 is 45.3. The Morgan fingerprint density at radius 2 is 1.91 bits per heavy atom. The van der Waals surface area contributed by atoms with Crippen LogP contribution in [-0.4, -0.2) is 72.3 Å². The molecular weight excluding hydrogens is 425 g/mol. The lowest BCUT2D eigenvalue weighted by atomic mass is 10.3. The molecule has 0 saturated carbocycles. The zero-order chi connectivity index (χ0) is 22.8. The fraction of sp³-hybridized carbons (Fsp3) is 0.500. The number of hydrogen-bond acceptors (Lipinski definition) is 9. The first kappa shape index (κ1) is 23.6. The highest BCUT2D eigenvalue weighted by atomic mass is 19.4. The maximum absolute atomic E-state index is 13.3. The molecule has 12 heteroatoms. The smallest absolute Gasteiger partial charge is 0.379 e. The molecule has 1 aliphatic heterocycles. The third-order valence-electron chi connectivity index (χ3n) is 4.76. The summed E-state index contributed by atoms with van der Waals surface area (Å²) in [5.74, 6) is -0.291. The van der Waals surface area contributed by atoms with Gasteiger partial charge in [-0.3, -0.25) is 4.90 Å². The van der Waals surface area contributed by atoms with Crippen LogP contribution in [0.15, 0.2) is 24.5 Å². The summed E-state index contributed by atoms with van der Waals surface area (Å²) in [7, 11) is 0. The number of halogens is 3. The van der Waals surface area contributed by atoms with Crippen LogP contribution in [0.2, 0.25) is 0 Å². The predicted octanol–water partition coefficient (Wildman–Crippen LogP) is 2.23. The second-order valence-corrected chi connectivity index (χ2v) is 7.11. The lowest BCUT2D eigenvalue weighted by Crippen LogP contribution is -2.40. The Hall–Kier alpha value is -3.01. The standard InChI is InChI=1S/C20H25F3N8O/c21-20(22,23)17-14-28-19(29-16-3-2-15(12-24)27-13-16)30-18(17)26-5-1-4-25-6-7-31-8-10-32-11-9-31/h2-3,13-14,25H,1,4-11H2,(H2,26,28,29,30). The van der Waals surface area contributed by atoms with Crippen LogP contribution in [0.1, 0.15) is 17.7 Å². The highest BCUT2D eigenvalue weighted by molar-refractivity contribution is 5.56. The Bertz CT molecular complexity index is 895. The fourth-order valence-electron chi connectivity index (χ4n) is 3.05. The van der Waals surface area contributed by atoms with Gasteiger partial charge in [0.15, 0.2) is 0 Å². The molecule has 0 aliphatic carbocycles. The normalized spacial score (nSPS) is 14.7. The number of alkyl halides is 3. The predicted molar refractivity (Wildman–Crippen MR) is 113 cm³/mol. The number of morpholine rings is 1. The van der Waals surface area contributed by atoms with Gasteiger partial charge in [0.05, 0.1) is 25.1 Å². The number of hydrogen-bond donors (Lipinski definition) is 3. The van der Waals surface area contributed by atoms with Crippen molar-refractivity contribution in [1.29, 1.82) is 5.26 Å². The molecule has 0 bridgehead atoms. The van der Waals surface area contributed by atoms with Gasteiger partial charge >= 0.3 is 6.18 Å². The van der Waals surface area contributed by atoms with E-state index in [-0.39, 0.29) is 17.5 Å². The van der Waals surface area contributed by atoms with E-state index in [1.165, 1.54) is 12.3 Å². The third-order valence-corrected chi connectivity index (χ3v) is 4.76. The van der Waals surface area contributed by atoms with Gasteiger partial charge < -0.3 is 20.7 Å². The molecule has 2 aromatic rings. The highest BCUT2D eigenvalue weighted by Crippen LogP contribution is 2.34. The van der Waals surface area contributed by atoms with Crippen LogP contribution in [0, 0.1) is 11.3 Å². The molecule has 3 heterocycles. The van der Waals surface area contributed by atoms with Gasteiger partial charge in [-0.15, -0.1) is 0 Å². The zero-order valence-electron chi connectivity index (χ0n) is 17.5. The van der Waals surface area contributed by atoms with Crippen molar-refractivity contribution in [3.63, 3.8) is 0 Å². The SMILES string of the molecule is N#Cc1ccc(Nc2ncc(C(F)(F)F)c(NCCCNCCN3CCOCC3)n2)cn1. The Labute approximate surface area is 184 Å². The molecule has 0 unspecified atom stereocenters. The summed E-state index contributed by atoms with van der Waals surface area (Å²) in [6.07, 6.45) is -1.81. The summed E-state index contributed by atoms with van der Waals surface area (Å²) >= 11 is 0. The molecule has 1 saturated heterocycles. The van der Waals surface area contributed by atoms with Gasteiger partial charge in [-0.05, 0) is 25.1 Å². The van der Waals surface area contributed by atoms with Gasteiger partial charge in [0.25, 0.3) is 0 Å². The van der Waals surface area contributed by atoms with E-state index < -0.39 is 11.7 Å². The molecule has 0 radical (unpaired) electrons. The van der Waals surface area contributed by atoms with Crippen molar-refractivity contribution < 1.29 is 17.9 Å². The van der Waals surface area contributed by atoms with E-state index in [9.17, 15) is 13.2 Å². The van der Waals surface area contributed by atoms with Crippen molar-refractivity contribution in [3.05, 3.63) is 35.8 Å². The monoisotopic (exact) mass is 450 g/mol. The summed E-state index contributed by atoms with van der Waals surface area (Å²) in [5, 5.41) is 17.6. The topological polar surface area (TPSA) is 111 Å². The van der Waals surface area contributed by atoms with Crippen molar-refractivity contribution in [2.75, 3.05) is 63.1 Å². The van der Waals surface area contributed by atoms with Crippen molar-refractivity contribution in [3.8, 4) is 6.07 Å². The highest BCUT2D eigenvalue weighted by Gasteiger charge is 2.35. The van der Waals surface area contributed by atoms with Gasteiger partial charge in [-0.2, -0.15) is 23.4 Å². The minimum absolute atomic E-state index is 0.00403. The average molecular weight is 450 g/mol. The molecular formula is C20H25F3N8O. The number of nitrogens with zero attached hydrogens (tertiary/aromatic N) is 5. The van der Waals surface area contributed by atoms with Gasteiger partial charge in [0.2, 0.25) is 5.95 Å². The Kier molecular flexibility index (Phi) is 8.55. The molecule has 172 valence electrons. The third kappa shape index (κ3) is 7.30. The molecule has 32 heavy (non-hydrogen) atoms. The van der Waals surface area contributed by atoms with Gasteiger partial charge in [0.1, 0.15) is 23.1 Å². The maximum atomic E-state index is 13.3. The van der Waals surface area contributed by atoms with Crippen LogP contribution in [-0.2, 0) is 10.9 Å². The number of nitrogens with one attached hydrogen (secondary N) is 3.